The summed E-state index contributed by atoms with van der Waals surface area (Å²) >= 11 is 0. The molecular weight excluding hydrogens is 232 g/mol. The molecule has 0 spiro atoms. The molecule has 98 valence electrons. The zero-order valence-corrected chi connectivity index (χ0v) is 10.4. The van der Waals surface area contributed by atoms with Crippen LogP contribution < -0.4 is 11.1 Å². The van der Waals surface area contributed by atoms with Gasteiger partial charge in [0.25, 0.3) is 5.91 Å². The van der Waals surface area contributed by atoms with Crippen molar-refractivity contribution in [3.05, 3.63) is 23.9 Å². The average Bonchev–Trinajstić information content (AvgIpc) is 2.36. The van der Waals surface area contributed by atoms with Gasteiger partial charge in [-0.3, -0.25) is 4.79 Å². The number of nitrogens with one attached hydrogen (secondary N) is 1. The van der Waals surface area contributed by atoms with Crippen LogP contribution in [0.25, 0.3) is 0 Å². The summed E-state index contributed by atoms with van der Waals surface area (Å²) in [5, 5.41) is 2.84. The van der Waals surface area contributed by atoms with E-state index in [2.05, 4.69) is 15.2 Å². The number of pyridine rings is 1. The number of hydrogen-bond acceptors (Lipinski definition) is 5. The zero-order chi connectivity index (χ0) is 13.0. The fourth-order valence-electron chi connectivity index (χ4n) is 1.89. The molecule has 18 heavy (non-hydrogen) atoms. The Balaban J connectivity index is 1.84. The summed E-state index contributed by atoms with van der Waals surface area (Å²) in [6, 6.07) is 3.20. The van der Waals surface area contributed by atoms with E-state index in [0.29, 0.717) is 24.5 Å². The molecule has 1 amide bonds. The van der Waals surface area contributed by atoms with Crippen LogP contribution in [0.3, 0.4) is 0 Å². The third-order valence-corrected chi connectivity index (χ3v) is 2.88. The number of amides is 1. The lowest BCUT2D eigenvalue weighted by Gasteiger charge is -2.30. The molecule has 1 aliphatic rings. The van der Waals surface area contributed by atoms with E-state index in [-0.39, 0.29) is 12.0 Å². The van der Waals surface area contributed by atoms with Gasteiger partial charge in [-0.2, -0.15) is 0 Å². The van der Waals surface area contributed by atoms with Crippen molar-refractivity contribution in [2.24, 2.45) is 0 Å². The SMILES string of the molecule is CN1CCOC(CNC(=O)c2ccnc(N)c2)C1. The first-order chi connectivity index (χ1) is 8.65. The quantitative estimate of drug-likeness (QED) is 0.771. The zero-order valence-electron chi connectivity index (χ0n) is 10.4. The van der Waals surface area contributed by atoms with Crippen LogP contribution in [-0.4, -0.2) is 55.2 Å². The Hall–Kier alpha value is -1.66. The second-order valence-corrected chi connectivity index (χ2v) is 4.43. The van der Waals surface area contributed by atoms with E-state index in [1.54, 1.807) is 12.1 Å². The molecule has 2 rings (SSSR count). The van der Waals surface area contributed by atoms with Crippen LogP contribution in [0, 0.1) is 0 Å². The highest BCUT2D eigenvalue weighted by molar-refractivity contribution is 5.94. The Bertz CT molecular complexity index is 424. The number of aromatic nitrogens is 1. The molecule has 0 radical (unpaired) electrons. The molecule has 6 nitrogen and oxygen atoms in total. The number of nitrogens with zero attached hydrogens (tertiary/aromatic N) is 2. The van der Waals surface area contributed by atoms with E-state index in [4.69, 9.17) is 10.5 Å². The topological polar surface area (TPSA) is 80.5 Å². The number of ether oxygens (including phenoxy) is 1. The van der Waals surface area contributed by atoms with Crippen LogP contribution >= 0.6 is 0 Å². The normalized spacial score (nSPS) is 20.6. The van der Waals surface area contributed by atoms with Gasteiger partial charge >= 0.3 is 0 Å². The second kappa shape index (κ2) is 5.79. The van der Waals surface area contributed by atoms with Gasteiger partial charge in [-0.05, 0) is 19.2 Å². The number of nitrogen functional groups attached to an aromatic ring is 1. The minimum Gasteiger partial charge on any atom is -0.384 e. The average molecular weight is 250 g/mol. The Labute approximate surface area is 106 Å². The summed E-state index contributed by atoms with van der Waals surface area (Å²) in [6.07, 6.45) is 1.57. The van der Waals surface area contributed by atoms with E-state index in [9.17, 15) is 4.79 Å². The molecule has 1 aliphatic heterocycles. The summed E-state index contributed by atoms with van der Waals surface area (Å²) in [6.45, 7) is 2.98. The summed E-state index contributed by atoms with van der Waals surface area (Å²) < 4.78 is 5.56. The molecular formula is C12H18N4O2. The molecule has 0 bridgehead atoms. The Morgan fingerprint density at radius 3 is 3.28 bits per heavy atom. The molecule has 6 heteroatoms. The van der Waals surface area contributed by atoms with Crippen LogP contribution in [0.15, 0.2) is 18.3 Å². The molecule has 2 heterocycles. The van der Waals surface area contributed by atoms with E-state index in [0.717, 1.165) is 13.1 Å². The minimum atomic E-state index is -0.152. The van der Waals surface area contributed by atoms with Gasteiger partial charge in [0.05, 0.1) is 12.7 Å². The summed E-state index contributed by atoms with van der Waals surface area (Å²) in [7, 11) is 2.04. The third-order valence-electron chi connectivity index (χ3n) is 2.88. The highest BCUT2D eigenvalue weighted by atomic mass is 16.5. The van der Waals surface area contributed by atoms with Crippen molar-refractivity contribution in [3.63, 3.8) is 0 Å². The van der Waals surface area contributed by atoms with Crippen LogP contribution in [0.4, 0.5) is 5.82 Å². The summed E-state index contributed by atoms with van der Waals surface area (Å²) in [5.74, 6) is 0.192. The molecule has 1 fully saturated rings. The van der Waals surface area contributed by atoms with E-state index in [1.165, 1.54) is 6.20 Å². The van der Waals surface area contributed by atoms with Gasteiger partial charge in [0, 0.05) is 31.4 Å². The monoisotopic (exact) mass is 250 g/mol. The van der Waals surface area contributed by atoms with E-state index in [1.807, 2.05) is 7.05 Å². The van der Waals surface area contributed by atoms with Crippen LogP contribution in [0.2, 0.25) is 0 Å². The maximum Gasteiger partial charge on any atom is 0.251 e. The lowest BCUT2D eigenvalue weighted by molar-refractivity contribution is -0.0175. The number of hydrogen-bond donors (Lipinski definition) is 2. The first-order valence-electron chi connectivity index (χ1n) is 5.95. The van der Waals surface area contributed by atoms with Crippen molar-refractivity contribution >= 4 is 11.7 Å². The number of rotatable bonds is 3. The maximum atomic E-state index is 11.9. The summed E-state index contributed by atoms with van der Waals surface area (Å²) in [5.41, 5.74) is 6.05. The standard InChI is InChI=1S/C12H18N4O2/c1-16-4-5-18-10(8-16)7-15-12(17)9-2-3-14-11(13)6-9/h2-3,6,10H,4-5,7-8H2,1H3,(H2,13,14)(H,15,17). The number of morpholine rings is 1. The molecule has 0 aliphatic carbocycles. The van der Waals surface area contributed by atoms with Crippen molar-refractivity contribution in [2.45, 2.75) is 6.10 Å². The lowest BCUT2D eigenvalue weighted by Crippen LogP contribution is -2.45. The molecule has 3 N–H and O–H groups in total. The molecule has 0 saturated carbocycles. The Morgan fingerprint density at radius 2 is 2.56 bits per heavy atom. The number of nitrogens with two attached hydrogens (primary N) is 1. The van der Waals surface area contributed by atoms with Crippen LogP contribution in [-0.2, 0) is 4.74 Å². The Kier molecular flexibility index (Phi) is 4.11. The van der Waals surface area contributed by atoms with Crippen LogP contribution in [0.1, 0.15) is 10.4 Å². The number of carbonyl (C=O) groups excluding carboxylic acids is 1. The van der Waals surface area contributed by atoms with Crippen molar-refractivity contribution in [3.8, 4) is 0 Å². The molecule has 1 aromatic rings. The van der Waals surface area contributed by atoms with Gasteiger partial charge in [0.1, 0.15) is 5.82 Å². The minimum absolute atomic E-state index is 0.0480. The van der Waals surface area contributed by atoms with Crippen molar-refractivity contribution in [2.75, 3.05) is 39.0 Å². The largest absolute Gasteiger partial charge is 0.384 e. The third kappa shape index (κ3) is 3.41. The second-order valence-electron chi connectivity index (χ2n) is 4.43. The molecule has 1 atom stereocenters. The van der Waals surface area contributed by atoms with Gasteiger partial charge < -0.3 is 20.7 Å². The molecule has 1 saturated heterocycles. The van der Waals surface area contributed by atoms with Crippen molar-refractivity contribution in [1.29, 1.82) is 0 Å². The Morgan fingerprint density at radius 1 is 1.72 bits per heavy atom. The van der Waals surface area contributed by atoms with Gasteiger partial charge in [0.15, 0.2) is 0 Å². The van der Waals surface area contributed by atoms with Gasteiger partial charge in [0.2, 0.25) is 0 Å². The number of likely N-dealkylation sites (N-methyl/N-ethyl adjacent to an activating group) is 1. The predicted octanol–water partition coefficient (Wildman–Crippen LogP) is -0.276. The molecule has 0 aromatic carbocycles. The number of carbonyl (C=O) groups is 1. The van der Waals surface area contributed by atoms with Gasteiger partial charge in [-0.25, -0.2) is 4.98 Å². The van der Waals surface area contributed by atoms with Gasteiger partial charge in [-0.1, -0.05) is 0 Å². The first-order valence-corrected chi connectivity index (χ1v) is 5.95. The summed E-state index contributed by atoms with van der Waals surface area (Å²) in [4.78, 5) is 17.9. The van der Waals surface area contributed by atoms with E-state index < -0.39 is 0 Å². The fraction of sp³-hybridized carbons (Fsp3) is 0.500. The lowest BCUT2D eigenvalue weighted by atomic mass is 10.2. The van der Waals surface area contributed by atoms with Crippen LogP contribution in [0.5, 0.6) is 0 Å². The number of anilines is 1. The van der Waals surface area contributed by atoms with Crippen molar-refractivity contribution < 1.29 is 9.53 Å². The predicted molar refractivity (Wildman–Crippen MR) is 68.2 cm³/mol. The first kappa shape index (κ1) is 12.8. The highest BCUT2D eigenvalue weighted by Gasteiger charge is 2.18. The van der Waals surface area contributed by atoms with E-state index >= 15 is 0 Å². The fourth-order valence-corrected chi connectivity index (χ4v) is 1.89. The molecule has 1 aromatic heterocycles. The van der Waals surface area contributed by atoms with Gasteiger partial charge in [-0.15, -0.1) is 0 Å². The molecule has 1 unspecified atom stereocenters. The maximum absolute atomic E-state index is 11.9. The van der Waals surface area contributed by atoms with Crippen molar-refractivity contribution in [1.82, 2.24) is 15.2 Å². The smallest absolute Gasteiger partial charge is 0.251 e. The highest BCUT2D eigenvalue weighted by Crippen LogP contribution is 2.04.